The van der Waals surface area contributed by atoms with Gasteiger partial charge in [-0.1, -0.05) is 34.6 Å². The predicted molar refractivity (Wildman–Crippen MR) is 189 cm³/mol. The van der Waals surface area contributed by atoms with E-state index in [4.69, 9.17) is 28.4 Å². The molecular formula is C38H69NO12. The minimum Gasteiger partial charge on any atom is -0.462 e. The number of esters is 1. The Morgan fingerprint density at radius 3 is 2.06 bits per heavy atom. The lowest BCUT2D eigenvalue weighted by Gasteiger charge is -2.49. The average Bonchev–Trinajstić information content (AvgIpc) is 3.07. The molecule has 298 valence electrons. The van der Waals surface area contributed by atoms with E-state index in [1.165, 1.54) is 7.11 Å². The second-order valence-electron chi connectivity index (χ2n) is 16.4. The van der Waals surface area contributed by atoms with Gasteiger partial charge in [0.1, 0.15) is 24.1 Å². The zero-order valence-corrected chi connectivity index (χ0v) is 33.3. The van der Waals surface area contributed by atoms with Gasteiger partial charge in [-0.25, -0.2) is 0 Å². The first-order valence-corrected chi connectivity index (χ1v) is 19.0. The average molecular weight is 732 g/mol. The van der Waals surface area contributed by atoms with Gasteiger partial charge in [0.15, 0.2) is 12.6 Å². The highest BCUT2D eigenvalue weighted by Crippen LogP contribution is 2.40. The lowest BCUT2D eigenvalue weighted by atomic mass is 9.74. The predicted octanol–water partition coefficient (Wildman–Crippen LogP) is 3.06. The van der Waals surface area contributed by atoms with Gasteiger partial charge in [-0.2, -0.15) is 0 Å². The Hall–Kier alpha value is -1.26. The Morgan fingerprint density at radius 2 is 1.51 bits per heavy atom. The molecule has 3 heterocycles. The lowest BCUT2D eigenvalue weighted by Crippen LogP contribution is -2.60. The molecule has 0 aliphatic carbocycles. The maximum absolute atomic E-state index is 14.2. The van der Waals surface area contributed by atoms with Gasteiger partial charge in [0.25, 0.3) is 0 Å². The van der Waals surface area contributed by atoms with Crippen molar-refractivity contribution in [1.82, 2.24) is 4.90 Å². The Morgan fingerprint density at radius 1 is 0.882 bits per heavy atom. The number of hydrogen-bond donors (Lipinski definition) is 4. The van der Waals surface area contributed by atoms with Crippen molar-refractivity contribution in [2.45, 2.75) is 180 Å². The van der Waals surface area contributed by atoms with Crippen LogP contribution in [0.5, 0.6) is 0 Å². The van der Waals surface area contributed by atoms with Gasteiger partial charge >= 0.3 is 5.97 Å². The van der Waals surface area contributed by atoms with E-state index in [2.05, 4.69) is 0 Å². The summed E-state index contributed by atoms with van der Waals surface area (Å²) in [7, 11) is 5.24. The molecule has 4 N–H and O–H groups in total. The van der Waals surface area contributed by atoms with Crippen LogP contribution in [0.2, 0.25) is 0 Å². The highest BCUT2D eigenvalue weighted by molar-refractivity contribution is 5.83. The molecule has 3 aliphatic rings. The number of Topliss-reactive ketones (excluding diaryl/α,β-unsaturated/α-hetero) is 1. The summed E-state index contributed by atoms with van der Waals surface area (Å²) in [6.45, 7) is 17.6. The first-order chi connectivity index (χ1) is 23.6. The molecule has 0 radical (unpaired) electrons. The molecule has 0 aromatic heterocycles. The third kappa shape index (κ3) is 9.89. The summed E-state index contributed by atoms with van der Waals surface area (Å²) in [6.07, 6.45) is -7.40. The number of nitrogens with zero attached hydrogens (tertiary/aromatic N) is 1. The van der Waals surface area contributed by atoms with E-state index in [-0.39, 0.29) is 30.8 Å². The second kappa shape index (κ2) is 17.9. The molecule has 13 heteroatoms. The fraction of sp³-hybridized carbons (Fsp3) is 0.947. The summed E-state index contributed by atoms with van der Waals surface area (Å²) in [6, 6.07) is -0.297. The highest BCUT2D eigenvalue weighted by atomic mass is 16.7. The topological polar surface area (TPSA) is 174 Å². The van der Waals surface area contributed by atoms with Crippen molar-refractivity contribution in [3.8, 4) is 0 Å². The second-order valence-corrected chi connectivity index (χ2v) is 16.4. The van der Waals surface area contributed by atoms with Crippen LogP contribution in [0.3, 0.4) is 0 Å². The number of cyclic esters (lactones) is 1. The van der Waals surface area contributed by atoms with Gasteiger partial charge in [0, 0.05) is 43.2 Å². The van der Waals surface area contributed by atoms with Crippen molar-refractivity contribution >= 4 is 11.8 Å². The molecule has 51 heavy (non-hydrogen) atoms. The monoisotopic (exact) mass is 731 g/mol. The van der Waals surface area contributed by atoms with Gasteiger partial charge in [-0.15, -0.1) is 0 Å². The van der Waals surface area contributed by atoms with E-state index >= 15 is 0 Å². The minimum absolute atomic E-state index is 0.0438. The lowest BCUT2D eigenvalue weighted by molar-refractivity contribution is -0.317. The minimum atomic E-state index is -1.72. The molecule has 13 nitrogen and oxygen atoms in total. The molecular weight excluding hydrogens is 662 g/mol. The van der Waals surface area contributed by atoms with E-state index in [9.17, 15) is 30.0 Å². The van der Waals surface area contributed by atoms with Crippen molar-refractivity contribution in [3.63, 3.8) is 0 Å². The quantitative estimate of drug-likeness (QED) is 0.269. The van der Waals surface area contributed by atoms with Crippen LogP contribution in [-0.4, -0.2) is 137 Å². The van der Waals surface area contributed by atoms with Crippen LogP contribution < -0.4 is 0 Å². The Bertz CT molecular complexity index is 1140. The molecule has 0 aromatic carbocycles. The first kappa shape index (κ1) is 44.1. The molecule has 3 rings (SSSR count). The van der Waals surface area contributed by atoms with Gasteiger partial charge in [0.05, 0.1) is 47.6 Å². The van der Waals surface area contributed by atoms with Crippen LogP contribution in [0.15, 0.2) is 0 Å². The van der Waals surface area contributed by atoms with E-state index in [0.717, 1.165) is 0 Å². The van der Waals surface area contributed by atoms with E-state index in [1.54, 1.807) is 48.5 Å². The fourth-order valence-electron chi connectivity index (χ4n) is 8.69. The number of carbonyl (C=O) groups is 2. The van der Waals surface area contributed by atoms with Gasteiger partial charge in [0.2, 0.25) is 0 Å². The zero-order valence-electron chi connectivity index (χ0n) is 33.3. The van der Waals surface area contributed by atoms with Gasteiger partial charge < -0.3 is 53.7 Å². The number of methoxy groups -OCH3 is 1. The summed E-state index contributed by atoms with van der Waals surface area (Å²) in [5.74, 6) is -4.51. The largest absolute Gasteiger partial charge is 0.462 e. The molecule has 18 unspecified atom stereocenters. The summed E-state index contributed by atoms with van der Waals surface area (Å²) >= 11 is 0. The number of rotatable bonds is 8. The maximum atomic E-state index is 14.2. The van der Waals surface area contributed by atoms with Crippen molar-refractivity contribution in [3.05, 3.63) is 0 Å². The van der Waals surface area contributed by atoms with Gasteiger partial charge in [-0.3, -0.25) is 9.59 Å². The van der Waals surface area contributed by atoms with Crippen LogP contribution in [0.25, 0.3) is 0 Å². The number of aliphatic hydroxyl groups excluding tert-OH is 3. The Labute approximate surface area is 305 Å². The van der Waals surface area contributed by atoms with Crippen LogP contribution >= 0.6 is 0 Å². The normalized spacial score (nSPS) is 48.3. The van der Waals surface area contributed by atoms with Crippen molar-refractivity contribution in [2.75, 3.05) is 21.2 Å². The summed E-state index contributed by atoms with van der Waals surface area (Å²) in [5, 5.41) is 46.3. The van der Waals surface area contributed by atoms with Crippen molar-refractivity contribution < 1.29 is 58.4 Å². The molecule has 0 amide bonds. The fourth-order valence-corrected chi connectivity index (χ4v) is 8.69. The summed E-state index contributed by atoms with van der Waals surface area (Å²) in [4.78, 5) is 30.0. The molecule has 3 fully saturated rings. The number of likely N-dealkylation sites (N-methyl/N-ethyl adjacent to an activating group) is 1. The Kier molecular flexibility index (Phi) is 15.5. The maximum Gasteiger partial charge on any atom is 0.311 e. The molecule has 18 atom stereocenters. The van der Waals surface area contributed by atoms with Crippen LogP contribution in [0.1, 0.15) is 101 Å². The van der Waals surface area contributed by atoms with E-state index in [1.807, 2.05) is 39.8 Å². The summed E-state index contributed by atoms with van der Waals surface area (Å²) < 4.78 is 37.5. The van der Waals surface area contributed by atoms with Crippen LogP contribution in [-0.2, 0) is 38.0 Å². The Balaban J connectivity index is 2.17. The molecule has 0 aromatic rings. The number of hydrogen-bond acceptors (Lipinski definition) is 13. The van der Waals surface area contributed by atoms with Crippen molar-refractivity contribution in [1.29, 1.82) is 0 Å². The van der Waals surface area contributed by atoms with Crippen LogP contribution in [0, 0.1) is 29.6 Å². The molecule has 3 saturated heterocycles. The number of aliphatic hydroxyl groups is 4. The number of ketones is 1. The molecule has 3 aliphatic heterocycles. The van der Waals surface area contributed by atoms with Crippen LogP contribution in [0.4, 0.5) is 0 Å². The molecule has 0 saturated carbocycles. The SMILES string of the molecule is CCC1OC(=O)C(C)C(OC2CC(C)(OC)C(O)C(C)O2)C(C)C(OC2OC(C)CC(N(C)C)C2O)C(C)(O)CC(C)C(=O)C(C)C(O)C1CC. The van der Waals surface area contributed by atoms with E-state index < -0.39 is 102 Å². The number of ether oxygens (including phenoxy) is 6. The smallest absolute Gasteiger partial charge is 0.311 e. The summed E-state index contributed by atoms with van der Waals surface area (Å²) in [5.41, 5.74) is -2.74. The molecule has 0 bridgehead atoms. The van der Waals surface area contributed by atoms with Crippen molar-refractivity contribution in [2.24, 2.45) is 29.6 Å². The third-order valence-electron chi connectivity index (χ3n) is 12.0. The highest BCUT2D eigenvalue weighted by Gasteiger charge is 2.52. The molecule has 0 spiro atoms. The standard InChI is InChI=1S/C38H69NO12/c1-14-25-27(15-2)49-35(44)23(7)32(50-28-18-38(10,46-13)33(43)24(8)48-28)22(6)34(37(9,45)17-19(3)29(40)21(5)30(25)41)51-36-31(42)26(39(11)12)16-20(4)47-36/h19-28,30-34,36,41-43,45H,14-18H2,1-13H3. The third-order valence-corrected chi connectivity index (χ3v) is 12.0. The van der Waals surface area contributed by atoms with Gasteiger partial charge in [-0.05, 0) is 74.4 Å². The first-order valence-electron chi connectivity index (χ1n) is 19.0. The zero-order chi connectivity index (χ0) is 38.7. The number of carbonyl (C=O) groups excluding carboxylic acids is 2. The van der Waals surface area contributed by atoms with E-state index in [0.29, 0.717) is 19.3 Å².